The molecule has 0 spiro atoms. The van der Waals surface area contributed by atoms with Crippen LogP contribution in [0.1, 0.15) is 17.0 Å². The average molecular weight is 282 g/mol. The number of benzene rings is 1. The molecule has 1 heterocycles. The number of hydrogen-bond donors (Lipinski definition) is 1. The Hall–Kier alpha value is -1.16. The summed E-state index contributed by atoms with van der Waals surface area (Å²) in [5, 5.41) is 4.09. The molecule has 1 atom stereocenters. The zero-order chi connectivity index (χ0) is 11.5. The van der Waals surface area contributed by atoms with Crippen molar-refractivity contribution in [1.29, 1.82) is 0 Å². The molecule has 16 heavy (non-hydrogen) atoms. The summed E-state index contributed by atoms with van der Waals surface area (Å²) in [6, 6.07) is 6.01. The van der Waals surface area contributed by atoms with Gasteiger partial charge in [0.15, 0.2) is 6.29 Å². The first-order valence-corrected chi connectivity index (χ1v) is 6.30. The van der Waals surface area contributed by atoms with Crippen LogP contribution in [0.15, 0.2) is 18.2 Å². The van der Waals surface area contributed by atoms with Crippen LogP contribution in [0.4, 0.5) is 5.69 Å². The molecule has 0 radical (unpaired) electrons. The van der Waals surface area contributed by atoms with E-state index in [1.807, 2.05) is 12.1 Å². The van der Waals surface area contributed by atoms with Gasteiger partial charge in [-0.05, 0) is 23.6 Å². The van der Waals surface area contributed by atoms with Crippen molar-refractivity contribution in [2.24, 2.45) is 0 Å². The normalized spacial score (nSPS) is 17.7. The highest BCUT2D eigenvalue weighted by atomic mass is 79.9. The lowest BCUT2D eigenvalue weighted by atomic mass is 9.96. The number of carbonyl (C=O) groups is 2. The van der Waals surface area contributed by atoms with Gasteiger partial charge in [0.1, 0.15) is 0 Å². The number of fused-ring (bicyclic) bond motifs is 1. The number of carbonyl (C=O) groups excluding carboxylic acids is 2. The molecule has 0 aromatic heterocycles. The number of anilines is 1. The van der Waals surface area contributed by atoms with Crippen LogP contribution in [0.25, 0.3) is 0 Å². The molecular weight excluding hydrogens is 270 g/mol. The molecule has 0 aliphatic carbocycles. The molecule has 1 unspecified atom stereocenters. The number of ketones is 1. The lowest BCUT2D eigenvalue weighted by Gasteiger charge is -2.05. The van der Waals surface area contributed by atoms with Gasteiger partial charge >= 0.3 is 0 Å². The van der Waals surface area contributed by atoms with Gasteiger partial charge in [-0.3, -0.25) is 9.59 Å². The van der Waals surface area contributed by atoms with Gasteiger partial charge in [0, 0.05) is 17.6 Å². The van der Waals surface area contributed by atoms with E-state index in [0.29, 0.717) is 12.8 Å². The third-order valence-corrected chi connectivity index (χ3v) is 3.23. The Balaban J connectivity index is 2.28. The summed E-state index contributed by atoms with van der Waals surface area (Å²) in [6.07, 6.45) is 1.37. The molecule has 3 nitrogen and oxygen atoms in total. The van der Waals surface area contributed by atoms with Gasteiger partial charge in [-0.25, -0.2) is 0 Å². The number of aldehydes is 1. The van der Waals surface area contributed by atoms with E-state index in [-0.39, 0.29) is 11.7 Å². The first-order valence-electron chi connectivity index (χ1n) is 5.18. The predicted molar refractivity (Wildman–Crippen MR) is 66.2 cm³/mol. The molecule has 2 rings (SSSR count). The minimum atomic E-state index is -0.348. The van der Waals surface area contributed by atoms with Crippen LogP contribution >= 0.6 is 15.9 Å². The van der Waals surface area contributed by atoms with E-state index in [9.17, 15) is 9.59 Å². The molecular formula is C12H12BrNO2. The van der Waals surface area contributed by atoms with Gasteiger partial charge in [-0.2, -0.15) is 0 Å². The second-order valence-corrected chi connectivity index (χ2v) is 4.61. The van der Waals surface area contributed by atoms with Gasteiger partial charge in [0.2, 0.25) is 5.78 Å². The first-order chi connectivity index (χ1) is 7.76. The molecule has 1 aliphatic rings. The molecule has 1 aromatic rings. The highest BCUT2D eigenvalue weighted by molar-refractivity contribution is 9.09. The number of aryl methyl sites for hydroxylation is 1. The summed E-state index contributed by atoms with van der Waals surface area (Å²) in [4.78, 5) is 21.9. The van der Waals surface area contributed by atoms with Crippen molar-refractivity contribution in [3.05, 3.63) is 29.3 Å². The third-order valence-electron chi connectivity index (χ3n) is 2.83. The largest absolute Gasteiger partial charge is 0.384 e. The molecule has 84 valence electrons. The highest BCUT2D eigenvalue weighted by Gasteiger charge is 2.27. The fourth-order valence-corrected chi connectivity index (χ4v) is 2.44. The molecule has 0 fully saturated rings. The lowest BCUT2D eigenvalue weighted by Crippen LogP contribution is -2.15. The van der Waals surface area contributed by atoms with Crippen molar-refractivity contribution in [3.63, 3.8) is 0 Å². The average Bonchev–Trinajstić information content (AvgIpc) is 2.71. The minimum absolute atomic E-state index is 0.300. The Kier molecular flexibility index (Phi) is 3.39. The smallest absolute Gasteiger partial charge is 0.204 e. The van der Waals surface area contributed by atoms with Crippen LogP contribution < -0.4 is 5.32 Å². The minimum Gasteiger partial charge on any atom is -0.384 e. The quantitative estimate of drug-likeness (QED) is 0.521. The van der Waals surface area contributed by atoms with E-state index in [4.69, 9.17) is 0 Å². The zero-order valence-corrected chi connectivity index (χ0v) is 10.3. The molecule has 4 heteroatoms. The topological polar surface area (TPSA) is 46.2 Å². The fourth-order valence-electron chi connectivity index (χ4n) is 1.98. The molecule has 1 N–H and O–H groups in total. The molecule has 1 aliphatic heterocycles. The van der Waals surface area contributed by atoms with E-state index in [2.05, 4.69) is 27.3 Å². The lowest BCUT2D eigenvalue weighted by molar-refractivity contribution is -0.130. The highest BCUT2D eigenvalue weighted by Crippen LogP contribution is 2.32. The third kappa shape index (κ3) is 2.02. The summed E-state index contributed by atoms with van der Waals surface area (Å²) < 4.78 is 0. The van der Waals surface area contributed by atoms with Gasteiger partial charge in [-0.15, -0.1) is 0 Å². The zero-order valence-electron chi connectivity index (χ0n) is 8.70. The Morgan fingerprint density at radius 1 is 1.56 bits per heavy atom. The summed E-state index contributed by atoms with van der Waals surface area (Å²) in [5.74, 6) is -0.648. The number of hydrogen-bond acceptors (Lipinski definition) is 3. The van der Waals surface area contributed by atoms with Crippen molar-refractivity contribution in [1.82, 2.24) is 0 Å². The van der Waals surface area contributed by atoms with Crippen LogP contribution in [-0.2, 0) is 16.0 Å². The van der Waals surface area contributed by atoms with E-state index in [0.717, 1.165) is 23.0 Å². The van der Waals surface area contributed by atoms with E-state index >= 15 is 0 Å². The Morgan fingerprint density at radius 2 is 2.38 bits per heavy atom. The van der Waals surface area contributed by atoms with Crippen molar-refractivity contribution in [2.45, 2.75) is 12.3 Å². The molecule has 0 saturated heterocycles. The van der Waals surface area contributed by atoms with Crippen molar-refractivity contribution >= 4 is 33.7 Å². The maximum Gasteiger partial charge on any atom is 0.204 e. The summed E-state index contributed by atoms with van der Waals surface area (Å²) in [6.45, 7) is 0.532. The van der Waals surface area contributed by atoms with Crippen molar-refractivity contribution in [2.75, 3.05) is 17.2 Å². The Morgan fingerprint density at radius 3 is 3.06 bits per heavy atom. The number of Topliss-reactive ketones (excluding diaryl/α,β-unsaturated/α-hetero) is 1. The monoisotopic (exact) mass is 281 g/mol. The fraction of sp³-hybridized carbons (Fsp3) is 0.333. The second-order valence-electron chi connectivity index (χ2n) is 3.81. The Labute approximate surface area is 102 Å². The number of halogens is 1. The van der Waals surface area contributed by atoms with Crippen LogP contribution in [0.5, 0.6) is 0 Å². The number of alkyl halides is 1. The molecule has 0 amide bonds. The number of rotatable bonds is 4. The first kappa shape index (κ1) is 11.3. The van der Waals surface area contributed by atoms with Crippen molar-refractivity contribution < 1.29 is 9.59 Å². The SMILES string of the molecule is O=CC(=O)C1CNc2cc(CCBr)ccc21. The molecule has 0 bridgehead atoms. The summed E-state index contributed by atoms with van der Waals surface area (Å²) >= 11 is 3.39. The summed E-state index contributed by atoms with van der Waals surface area (Å²) in [5.41, 5.74) is 3.15. The predicted octanol–water partition coefficient (Wildman–Crippen LogP) is 1.90. The van der Waals surface area contributed by atoms with Gasteiger partial charge < -0.3 is 5.32 Å². The van der Waals surface area contributed by atoms with Gasteiger partial charge in [0.05, 0.1) is 5.92 Å². The number of nitrogens with one attached hydrogen (secondary N) is 1. The van der Waals surface area contributed by atoms with E-state index < -0.39 is 0 Å². The van der Waals surface area contributed by atoms with Crippen LogP contribution in [0.3, 0.4) is 0 Å². The van der Waals surface area contributed by atoms with E-state index in [1.165, 1.54) is 5.56 Å². The second kappa shape index (κ2) is 4.78. The van der Waals surface area contributed by atoms with Crippen LogP contribution in [0, 0.1) is 0 Å². The maximum atomic E-state index is 11.4. The van der Waals surface area contributed by atoms with Gasteiger partial charge in [-0.1, -0.05) is 28.1 Å². The Bertz CT molecular complexity index is 431. The van der Waals surface area contributed by atoms with E-state index in [1.54, 1.807) is 0 Å². The van der Waals surface area contributed by atoms with Gasteiger partial charge in [0.25, 0.3) is 0 Å². The maximum absolute atomic E-state index is 11.4. The van der Waals surface area contributed by atoms with Crippen molar-refractivity contribution in [3.8, 4) is 0 Å². The standard InChI is InChI=1S/C12H12BrNO2/c13-4-3-8-1-2-9-10(12(16)7-15)6-14-11(9)5-8/h1-2,5,7,10,14H,3-4,6H2. The van der Waals surface area contributed by atoms with Crippen LogP contribution in [-0.4, -0.2) is 23.9 Å². The molecule has 1 aromatic carbocycles. The summed E-state index contributed by atoms with van der Waals surface area (Å²) in [7, 11) is 0. The molecule has 0 saturated carbocycles. The van der Waals surface area contributed by atoms with Crippen LogP contribution in [0.2, 0.25) is 0 Å².